The molecule has 0 bridgehead atoms. The van der Waals surface area contributed by atoms with Crippen molar-refractivity contribution in [2.24, 2.45) is 0 Å². The molecule has 0 saturated carbocycles. The van der Waals surface area contributed by atoms with Crippen LogP contribution in [0.1, 0.15) is 22.5 Å². The minimum absolute atomic E-state index is 0.211. The van der Waals surface area contributed by atoms with Crippen LogP contribution in [0.5, 0.6) is 5.75 Å². The summed E-state index contributed by atoms with van der Waals surface area (Å²) in [5.41, 5.74) is 2.27. The van der Waals surface area contributed by atoms with Gasteiger partial charge in [-0.15, -0.1) is 0 Å². The third kappa shape index (κ3) is 5.10. The zero-order chi connectivity index (χ0) is 25.1. The first kappa shape index (κ1) is 24.7. The number of anilines is 1. The van der Waals surface area contributed by atoms with E-state index in [4.69, 9.17) is 30.6 Å². The maximum atomic E-state index is 14.1. The number of carbonyl (C=O) groups is 1. The standard InChI is InChI=1S/C26H27ClN4O4S/c1-17-23(24(29-35-17)19-6-3-4-7-20(19)27)25(32)31(11-5-10-30-12-14-34-15-13-30)26-28-21-16-18(33-2)8-9-22(21)36-26/h3-4,6-9,16H,5,10-15H2,1-2H3. The number of rotatable bonds is 8. The summed E-state index contributed by atoms with van der Waals surface area (Å²) in [6.45, 7) is 6.39. The summed E-state index contributed by atoms with van der Waals surface area (Å²) >= 11 is 7.92. The molecule has 8 nitrogen and oxygen atoms in total. The number of nitrogens with zero attached hydrogens (tertiary/aromatic N) is 4. The van der Waals surface area contributed by atoms with Gasteiger partial charge in [0.1, 0.15) is 22.8 Å². The molecule has 0 radical (unpaired) electrons. The topological polar surface area (TPSA) is 80.9 Å². The van der Waals surface area contributed by atoms with E-state index >= 15 is 0 Å². The summed E-state index contributed by atoms with van der Waals surface area (Å²) in [6.07, 6.45) is 0.788. The molecule has 1 fully saturated rings. The van der Waals surface area contributed by atoms with Gasteiger partial charge in [-0.1, -0.05) is 46.3 Å². The zero-order valence-electron chi connectivity index (χ0n) is 20.2. The van der Waals surface area contributed by atoms with E-state index in [1.807, 2.05) is 36.4 Å². The lowest BCUT2D eigenvalue weighted by Gasteiger charge is -2.27. The van der Waals surface area contributed by atoms with Crippen LogP contribution in [0.15, 0.2) is 47.0 Å². The summed E-state index contributed by atoms with van der Waals surface area (Å²) in [5.74, 6) is 0.952. The van der Waals surface area contributed by atoms with Crippen molar-refractivity contribution in [3.8, 4) is 17.0 Å². The molecule has 2 aromatic carbocycles. The molecule has 1 aliphatic heterocycles. The quantitative estimate of drug-likeness (QED) is 0.308. The van der Waals surface area contributed by atoms with E-state index < -0.39 is 0 Å². The molecule has 10 heteroatoms. The summed E-state index contributed by atoms with van der Waals surface area (Å²) in [7, 11) is 1.63. The van der Waals surface area contributed by atoms with Crippen molar-refractivity contribution in [3.05, 3.63) is 58.8 Å². The van der Waals surface area contributed by atoms with Gasteiger partial charge in [0.2, 0.25) is 0 Å². The van der Waals surface area contributed by atoms with E-state index in [9.17, 15) is 4.79 Å². The van der Waals surface area contributed by atoms with Crippen molar-refractivity contribution in [2.45, 2.75) is 13.3 Å². The minimum Gasteiger partial charge on any atom is -0.497 e. The highest BCUT2D eigenvalue weighted by molar-refractivity contribution is 7.22. The Morgan fingerprint density at radius 1 is 1.22 bits per heavy atom. The molecule has 5 rings (SSSR count). The number of methoxy groups -OCH3 is 1. The number of thiazole rings is 1. The van der Waals surface area contributed by atoms with Gasteiger partial charge in [0.25, 0.3) is 5.91 Å². The monoisotopic (exact) mass is 526 g/mol. The van der Waals surface area contributed by atoms with E-state index in [-0.39, 0.29) is 5.91 Å². The molecule has 0 aliphatic carbocycles. The number of morpholine rings is 1. The molecule has 3 heterocycles. The zero-order valence-corrected chi connectivity index (χ0v) is 21.8. The maximum absolute atomic E-state index is 14.1. The van der Waals surface area contributed by atoms with E-state index in [1.165, 1.54) is 11.3 Å². The second-order valence-electron chi connectivity index (χ2n) is 8.54. The lowest BCUT2D eigenvalue weighted by molar-refractivity contribution is 0.0376. The van der Waals surface area contributed by atoms with Gasteiger partial charge in [-0.05, 0) is 31.5 Å². The molecule has 188 valence electrons. The Kier molecular flexibility index (Phi) is 7.52. The van der Waals surface area contributed by atoms with Crippen LogP contribution in [0.4, 0.5) is 5.13 Å². The molecule has 36 heavy (non-hydrogen) atoms. The van der Waals surface area contributed by atoms with Crippen molar-refractivity contribution in [3.63, 3.8) is 0 Å². The van der Waals surface area contributed by atoms with E-state index in [2.05, 4.69) is 10.1 Å². The fourth-order valence-corrected chi connectivity index (χ4v) is 5.49. The average molecular weight is 527 g/mol. The van der Waals surface area contributed by atoms with Gasteiger partial charge < -0.3 is 14.0 Å². The highest BCUT2D eigenvalue weighted by Crippen LogP contribution is 2.35. The summed E-state index contributed by atoms with van der Waals surface area (Å²) in [4.78, 5) is 23.0. The van der Waals surface area contributed by atoms with Crippen LogP contribution in [0.25, 0.3) is 21.5 Å². The third-order valence-electron chi connectivity index (χ3n) is 6.22. The van der Waals surface area contributed by atoms with Crippen molar-refractivity contribution >= 4 is 44.2 Å². The van der Waals surface area contributed by atoms with Crippen LogP contribution in [0, 0.1) is 6.92 Å². The first-order valence-corrected chi connectivity index (χ1v) is 13.0. The number of aryl methyl sites for hydroxylation is 1. The second-order valence-corrected chi connectivity index (χ2v) is 9.95. The number of hydrogen-bond donors (Lipinski definition) is 0. The number of fused-ring (bicyclic) bond motifs is 1. The highest BCUT2D eigenvalue weighted by atomic mass is 35.5. The van der Waals surface area contributed by atoms with Crippen LogP contribution < -0.4 is 9.64 Å². The fourth-order valence-electron chi connectivity index (χ4n) is 4.29. The first-order valence-electron chi connectivity index (χ1n) is 11.8. The number of aromatic nitrogens is 2. The van der Waals surface area contributed by atoms with Crippen molar-refractivity contribution in [1.29, 1.82) is 0 Å². The summed E-state index contributed by atoms with van der Waals surface area (Å²) < 4.78 is 17.3. The molecule has 0 N–H and O–H groups in total. The molecule has 1 amide bonds. The largest absolute Gasteiger partial charge is 0.497 e. The lowest BCUT2D eigenvalue weighted by atomic mass is 10.1. The lowest BCUT2D eigenvalue weighted by Crippen LogP contribution is -2.39. The molecule has 0 atom stereocenters. The number of halogens is 1. The highest BCUT2D eigenvalue weighted by Gasteiger charge is 2.29. The average Bonchev–Trinajstić information content (AvgIpc) is 3.49. The first-order chi connectivity index (χ1) is 17.5. The summed E-state index contributed by atoms with van der Waals surface area (Å²) in [6, 6.07) is 13.1. The van der Waals surface area contributed by atoms with Gasteiger partial charge in [-0.2, -0.15) is 0 Å². The molecule has 2 aromatic heterocycles. The predicted octanol–water partition coefficient (Wildman–Crippen LogP) is 5.29. The Bertz CT molecular complexity index is 1370. The third-order valence-corrected chi connectivity index (χ3v) is 7.61. The van der Waals surface area contributed by atoms with Gasteiger partial charge >= 0.3 is 0 Å². The Balaban J connectivity index is 1.49. The van der Waals surface area contributed by atoms with Gasteiger partial charge in [-0.3, -0.25) is 14.6 Å². The Labute approximate surface area is 218 Å². The normalized spacial score (nSPS) is 14.3. The smallest absolute Gasteiger partial charge is 0.265 e. The predicted molar refractivity (Wildman–Crippen MR) is 141 cm³/mol. The van der Waals surface area contributed by atoms with Crippen LogP contribution >= 0.6 is 22.9 Å². The van der Waals surface area contributed by atoms with Crippen LogP contribution in [0.3, 0.4) is 0 Å². The molecule has 1 saturated heterocycles. The van der Waals surface area contributed by atoms with E-state index in [0.29, 0.717) is 39.3 Å². The number of benzene rings is 2. The summed E-state index contributed by atoms with van der Waals surface area (Å²) in [5, 5.41) is 5.33. The van der Waals surface area contributed by atoms with Gasteiger partial charge in [0.15, 0.2) is 5.13 Å². The van der Waals surface area contributed by atoms with Crippen LogP contribution in [-0.2, 0) is 4.74 Å². The molecular formula is C26H27ClN4O4S. The molecule has 0 spiro atoms. The fraction of sp³-hybridized carbons (Fsp3) is 0.346. The molecular weight excluding hydrogens is 500 g/mol. The van der Waals surface area contributed by atoms with Crippen molar-refractivity contribution in [1.82, 2.24) is 15.0 Å². The Hall–Kier alpha value is -2.98. The number of carbonyl (C=O) groups excluding carboxylic acids is 1. The molecule has 4 aromatic rings. The Morgan fingerprint density at radius 3 is 2.81 bits per heavy atom. The SMILES string of the molecule is COc1ccc2sc(N(CCCN3CCOCC3)C(=O)c3c(-c4ccccc4Cl)noc3C)nc2c1. The van der Waals surface area contributed by atoms with Gasteiger partial charge in [-0.25, -0.2) is 4.98 Å². The van der Waals surface area contributed by atoms with Crippen molar-refractivity contribution < 1.29 is 18.8 Å². The molecule has 1 aliphatic rings. The van der Waals surface area contributed by atoms with E-state index in [0.717, 1.165) is 55.2 Å². The molecule has 0 unspecified atom stereocenters. The number of hydrogen-bond acceptors (Lipinski definition) is 8. The minimum atomic E-state index is -0.211. The number of amides is 1. The maximum Gasteiger partial charge on any atom is 0.265 e. The van der Waals surface area contributed by atoms with Crippen LogP contribution in [0.2, 0.25) is 5.02 Å². The number of ether oxygens (including phenoxy) is 2. The second kappa shape index (κ2) is 11.0. The van der Waals surface area contributed by atoms with E-state index in [1.54, 1.807) is 25.0 Å². The van der Waals surface area contributed by atoms with Crippen molar-refractivity contribution in [2.75, 3.05) is 51.4 Å². The van der Waals surface area contributed by atoms with Gasteiger partial charge in [0.05, 0.1) is 35.6 Å². The van der Waals surface area contributed by atoms with Gasteiger partial charge in [0, 0.05) is 37.8 Å². The Morgan fingerprint density at radius 2 is 2.03 bits per heavy atom. The van der Waals surface area contributed by atoms with Crippen LogP contribution in [-0.4, -0.2) is 67.5 Å².